The van der Waals surface area contributed by atoms with Crippen molar-refractivity contribution in [2.24, 2.45) is 0 Å². The van der Waals surface area contributed by atoms with Gasteiger partial charge in [0.15, 0.2) is 0 Å². The van der Waals surface area contributed by atoms with E-state index >= 15 is 0 Å². The zero-order valence-corrected chi connectivity index (χ0v) is 12.1. The molecule has 1 aromatic carbocycles. The van der Waals surface area contributed by atoms with E-state index in [4.69, 9.17) is 4.74 Å². The Morgan fingerprint density at radius 3 is 2.74 bits per heavy atom. The molecule has 2 rings (SSSR count). The normalized spacial score (nSPS) is 17.7. The Hall–Kier alpha value is -1.02. The van der Waals surface area contributed by atoms with Crippen LogP contribution in [0.2, 0.25) is 0 Å². The highest BCUT2D eigenvalue weighted by molar-refractivity contribution is 7.99. The molecule has 3 nitrogen and oxygen atoms in total. The highest BCUT2D eigenvalue weighted by Gasteiger charge is 2.37. The molecule has 102 valence electrons. The Morgan fingerprint density at radius 1 is 1.42 bits per heavy atom. The Labute approximate surface area is 119 Å². The van der Waals surface area contributed by atoms with Gasteiger partial charge in [0.2, 0.25) is 0 Å². The van der Waals surface area contributed by atoms with Gasteiger partial charge in [-0.1, -0.05) is 30.3 Å². The largest absolute Gasteiger partial charge is 0.384 e. The summed E-state index contributed by atoms with van der Waals surface area (Å²) in [7, 11) is 1.71. The van der Waals surface area contributed by atoms with Gasteiger partial charge in [0.1, 0.15) is 5.54 Å². The third-order valence-electron chi connectivity index (χ3n) is 3.24. The molecule has 0 bridgehead atoms. The summed E-state index contributed by atoms with van der Waals surface area (Å²) < 4.78 is 5.07. The minimum absolute atomic E-state index is 0.503. The number of nitrogens with zero attached hydrogens (tertiary/aromatic N) is 1. The maximum absolute atomic E-state index is 9.71. The van der Waals surface area contributed by atoms with E-state index < -0.39 is 5.54 Å². The predicted molar refractivity (Wildman–Crippen MR) is 79.1 cm³/mol. The van der Waals surface area contributed by atoms with Gasteiger partial charge in [-0.15, -0.1) is 0 Å². The number of rotatable bonds is 8. The Bertz CT molecular complexity index is 428. The van der Waals surface area contributed by atoms with Gasteiger partial charge in [0, 0.05) is 24.7 Å². The first-order valence-electron chi connectivity index (χ1n) is 6.62. The van der Waals surface area contributed by atoms with Crippen molar-refractivity contribution in [2.45, 2.75) is 24.4 Å². The molecule has 0 radical (unpaired) electrons. The lowest BCUT2D eigenvalue weighted by Gasteiger charge is -2.28. The predicted octanol–water partition coefficient (Wildman–Crippen LogP) is 2.54. The van der Waals surface area contributed by atoms with Crippen LogP contribution in [-0.4, -0.2) is 31.3 Å². The number of ether oxygens (including phenoxy) is 1. The van der Waals surface area contributed by atoms with Gasteiger partial charge < -0.3 is 4.74 Å². The van der Waals surface area contributed by atoms with E-state index in [0.717, 1.165) is 23.7 Å². The second-order valence-electron chi connectivity index (χ2n) is 4.85. The van der Waals surface area contributed by atoms with Gasteiger partial charge in [0.25, 0.3) is 0 Å². The second kappa shape index (κ2) is 6.95. The van der Waals surface area contributed by atoms with Crippen LogP contribution in [0, 0.1) is 11.3 Å². The Balaban J connectivity index is 2.09. The van der Waals surface area contributed by atoms with Gasteiger partial charge >= 0.3 is 0 Å². The zero-order valence-electron chi connectivity index (χ0n) is 11.3. The highest BCUT2D eigenvalue weighted by atomic mass is 32.2. The van der Waals surface area contributed by atoms with Crippen molar-refractivity contribution in [1.82, 2.24) is 5.32 Å². The van der Waals surface area contributed by atoms with E-state index in [1.54, 1.807) is 18.9 Å². The average molecular weight is 276 g/mol. The van der Waals surface area contributed by atoms with Crippen LogP contribution in [0.1, 0.15) is 18.4 Å². The van der Waals surface area contributed by atoms with Crippen molar-refractivity contribution < 1.29 is 4.74 Å². The van der Waals surface area contributed by atoms with Crippen molar-refractivity contribution in [3.05, 3.63) is 35.9 Å². The van der Waals surface area contributed by atoms with Crippen LogP contribution in [0.5, 0.6) is 0 Å². The maximum Gasteiger partial charge on any atom is 0.141 e. The summed E-state index contributed by atoms with van der Waals surface area (Å²) in [5.41, 5.74) is 0.496. The van der Waals surface area contributed by atoms with Crippen LogP contribution in [-0.2, 0) is 10.3 Å². The summed E-state index contributed by atoms with van der Waals surface area (Å²) in [6, 6.07) is 13.1. The molecule has 0 spiro atoms. The first-order chi connectivity index (χ1) is 9.30. The smallest absolute Gasteiger partial charge is 0.141 e. The van der Waals surface area contributed by atoms with Gasteiger partial charge in [-0.05, 0) is 18.4 Å². The van der Waals surface area contributed by atoms with Gasteiger partial charge in [0.05, 0.1) is 12.7 Å². The molecular formula is C15H20N2OS. The quantitative estimate of drug-likeness (QED) is 0.741. The third-order valence-corrected chi connectivity index (χ3v) is 4.33. The molecule has 0 amide bonds. The molecule has 19 heavy (non-hydrogen) atoms. The van der Waals surface area contributed by atoms with Gasteiger partial charge in [-0.3, -0.25) is 5.32 Å². The third kappa shape index (κ3) is 3.97. The number of nitrogens with one attached hydrogen (secondary N) is 1. The number of thioether (sulfide) groups is 1. The summed E-state index contributed by atoms with van der Waals surface area (Å²) in [5.74, 6) is 1.67. The molecule has 0 heterocycles. The summed E-state index contributed by atoms with van der Waals surface area (Å²) in [4.78, 5) is 0. The molecule has 0 saturated heterocycles. The molecule has 1 fully saturated rings. The van der Waals surface area contributed by atoms with E-state index in [9.17, 15) is 5.26 Å². The highest BCUT2D eigenvalue weighted by Crippen LogP contribution is 2.31. The van der Waals surface area contributed by atoms with Crippen molar-refractivity contribution >= 4 is 11.8 Å². The molecular weight excluding hydrogens is 256 g/mol. The number of hydrogen-bond acceptors (Lipinski definition) is 4. The lowest BCUT2D eigenvalue weighted by molar-refractivity contribution is 0.218. The lowest BCUT2D eigenvalue weighted by Crippen LogP contribution is -2.45. The molecule has 1 saturated carbocycles. The van der Waals surface area contributed by atoms with Crippen LogP contribution >= 0.6 is 11.8 Å². The lowest BCUT2D eigenvalue weighted by atomic mass is 9.93. The first-order valence-corrected chi connectivity index (χ1v) is 7.77. The molecule has 0 aliphatic heterocycles. The molecule has 1 unspecified atom stereocenters. The van der Waals surface area contributed by atoms with E-state index in [0.29, 0.717) is 6.04 Å². The van der Waals surface area contributed by atoms with Crippen molar-refractivity contribution in [1.29, 1.82) is 5.26 Å². The Morgan fingerprint density at radius 2 is 2.16 bits per heavy atom. The topological polar surface area (TPSA) is 45.0 Å². The fraction of sp³-hybridized carbons (Fsp3) is 0.533. The molecule has 1 atom stereocenters. The number of methoxy groups -OCH3 is 1. The number of hydrogen-bond donors (Lipinski definition) is 1. The molecule has 4 heteroatoms. The standard InChI is InChI=1S/C15H20N2OS/c1-18-9-10-19-12-15(11-16,17-14-7-8-14)13-5-3-2-4-6-13/h2-6,14,17H,7-10,12H2,1H3. The fourth-order valence-corrected chi connectivity index (χ4v) is 3.05. The van der Waals surface area contributed by atoms with Gasteiger partial charge in [-0.25, -0.2) is 0 Å². The maximum atomic E-state index is 9.71. The van der Waals surface area contributed by atoms with E-state index in [-0.39, 0.29) is 0 Å². The van der Waals surface area contributed by atoms with Crippen molar-refractivity contribution in [2.75, 3.05) is 25.2 Å². The minimum atomic E-state index is -0.569. The molecule has 1 aromatic rings. The van der Waals surface area contributed by atoms with Crippen LogP contribution in [0.25, 0.3) is 0 Å². The van der Waals surface area contributed by atoms with Crippen LogP contribution in [0.4, 0.5) is 0 Å². The summed E-state index contributed by atoms with van der Waals surface area (Å²) in [6.45, 7) is 0.727. The fourth-order valence-electron chi connectivity index (χ4n) is 2.00. The molecule has 1 N–H and O–H groups in total. The molecule has 0 aromatic heterocycles. The molecule has 1 aliphatic carbocycles. The van der Waals surface area contributed by atoms with E-state index in [2.05, 4.69) is 11.4 Å². The Kier molecular flexibility index (Phi) is 5.26. The molecule has 1 aliphatic rings. The number of benzene rings is 1. The average Bonchev–Trinajstić information content (AvgIpc) is 3.27. The summed E-state index contributed by atoms with van der Waals surface area (Å²) in [6.07, 6.45) is 2.36. The van der Waals surface area contributed by atoms with E-state index in [1.165, 1.54) is 12.8 Å². The SMILES string of the molecule is COCCSCC(C#N)(NC1CC1)c1ccccc1. The zero-order chi connectivity index (χ0) is 13.6. The summed E-state index contributed by atoms with van der Waals surface area (Å²) in [5, 5.41) is 13.2. The van der Waals surface area contributed by atoms with E-state index in [1.807, 2.05) is 30.3 Å². The summed E-state index contributed by atoms with van der Waals surface area (Å²) >= 11 is 1.76. The van der Waals surface area contributed by atoms with Crippen molar-refractivity contribution in [3.8, 4) is 6.07 Å². The number of nitriles is 1. The van der Waals surface area contributed by atoms with Crippen LogP contribution in [0.15, 0.2) is 30.3 Å². The van der Waals surface area contributed by atoms with Crippen LogP contribution < -0.4 is 5.32 Å². The van der Waals surface area contributed by atoms with Crippen molar-refractivity contribution in [3.63, 3.8) is 0 Å². The van der Waals surface area contributed by atoms with Crippen LogP contribution in [0.3, 0.4) is 0 Å². The minimum Gasteiger partial charge on any atom is -0.384 e. The first kappa shape index (κ1) is 14.4. The van der Waals surface area contributed by atoms with Gasteiger partial charge in [-0.2, -0.15) is 17.0 Å². The second-order valence-corrected chi connectivity index (χ2v) is 5.95. The monoisotopic (exact) mass is 276 g/mol.